The van der Waals surface area contributed by atoms with E-state index >= 15 is 0 Å². The average Bonchev–Trinajstić information content (AvgIpc) is 2.54. The monoisotopic (exact) mass is 361 g/mol. The lowest BCUT2D eigenvalue weighted by atomic mass is 10.0. The summed E-state index contributed by atoms with van der Waals surface area (Å²) < 4.78 is 5.45. The Bertz CT molecular complexity index is 765. The minimum absolute atomic E-state index is 0.228. The number of nitrogens with zero attached hydrogens (tertiary/aromatic N) is 2. The number of fused-ring (bicyclic) bond motifs is 1. The van der Waals surface area contributed by atoms with Crippen LogP contribution in [0.1, 0.15) is 33.6 Å². The molecule has 5 nitrogen and oxygen atoms in total. The predicted molar refractivity (Wildman–Crippen MR) is 101 cm³/mol. The van der Waals surface area contributed by atoms with E-state index < -0.39 is 5.60 Å². The van der Waals surface area contributed by atoms with Gasteiger partial charge in [-0.05, 0) is 45.7 Å². The smallest absolute Gasteiger partial charge is 0.410 e. The average molecular weight is 362 g/mol. The molecule has 0 spiro atoms. The van der Waals surface area contributed by atoms with Crippen molar-refractivity contribution < 1.29 is 9.53 Å². The number of halogens is 1. The van der Waals surface area contributed by atoms with Gasteiger partial charge in [0.05, 0.1) is 0 Å². The van der Waals surface area contributed by atoms with Crippen LogP contribution in [0.4, 0.5) is 10.5 Å². The van der Waals surface area contributed by atoms with Gasteiger partial charge in [0, 0.05) is 41.8 Å². The molecule has 1 N–H and O–H groups in total. The van der Waals surface area contributed by atoms with Gasteiger partial charge in [-0.15, -0.1) is 0 Å². The van der Waals surface area contributed by atoms with Crippen LogP contribution in [-0.2, 0) is 4.74 Å². The van der Waals surface area contributed by atoms with E-state index in [4.69, 9.17) is 16.3 Å². The zero-order chi connectivity index (χ0) is 18.0. The van der Waals surface area contributed by atoms with E-state index in [9.17, 15) is 4.79 Å². The van der Waals surface area contributed by atoms with Crippen LogP contribution in [-0.4, -0.2) is 40.7 Å². The number of carbonyl (C=O) groups is 1. The third kappa shape index (κ3) is 4.54. The number of amides is 1. The maximum Gasteiger partial charge on any atom is 0.410 e. The number of piperidine rings is 1. The second-order valence-corrected chi connectivity index (χ2v) is 7.81. The van der Waals surface area contributed by atoms with Crippen molar-refractivity contribution in [1.82, 2.24) is 9.88 Å². The van der Waals surface area contributed by atoms with E-state index in [1.807, 2.05) is 39.0 Å². The minimum atomic E-state index is -0.456. The molecule has 1 aliphatic rings. The van der Waals surface area contributed by atoms with Crippen LogP contribution in [0.25, 0.3) is 10.8 Å². The molecule has 1 amide bonds. The van der Waals surface area contributed by atoms with Crippen molar-refractivity contribution in [3.8, 4) is 0 Å². The van der Waals surface area contributed by atoms with Gasteiger partial charge in [-0.2, -0.15) is 0 Å². The summed E-state index contributed by atoms with van der Waals surface area (Å²) in [6.45, 7) is 7.05. The topological polar surface area (TPSA) is 54.5 Å². The molecule has 0 radical (unpaired) electrons. The van der Waals surface area contributed by atoms with E-state index in [-0.39, 0.29) is 6.09 Å². The van der Waals surface area contributed by atoms with Gasteiger partial charge in [-0.25, -0.2) is 9.78 Å². The van der Waals surface area contributed by atoms with Gasteiger partial charge in [0.2, 0.25) is 0 Å². The number of benzene rings is 1. The van der Waals surface area contributed by atoms with Crippen LogP contribution in [0.2, 0.25) is 5.15 Å². The van der Waals surface area contributed by atoms with Crippen molar-refractivity contribution in [2.24, 2.45) is 0 Å². The van der Waals surface area contributed by atoms with Gasteiger partial charge in [0.15, 0.2) is 0 Å². The SMILES string of the molecule is CC(C)(C)OC(=O)N1CCC(Nc2cccc3cnc(Cl)cc23)CC1. The molecule has 0 aliphatic carbocycles. The largest absolute Gasteiger partial charge is 0.444 e. The number of hydrogen-bond acceptors (Lipinski definition) is 4. The molecule has 3 rings (SSSR count). The second kappa shape index (κ2) is 7.08. The summed E-state index contributed by atoms with van der Waals surface area (Å²) >= 11 is 6.04. The van der Waals surface area contributed by atoms with Gasteiger partial charge in [0.25, 0.3) is 0 Å². The number of anilines is 1. The van der Waals surface area contributed by atoms with Crippen LogP contribution in [0.15, 0.2) is 30.5 Å². The summed E-state index contributed by atoms with van der Waals surface area (Å²) in [4.78, 5) is 18.1. The third-order valence-electron chi connectivity index (χ3n) is 4.24. The highest BCUT2D eigenvalue weighted by atomic mass is 35.5. The Morgan fingerprint density at radius 1 is 1.32 bits per heavy atom. The molecule has 0 atom stereocenters. The summed E-state index contributed by atoms with van der Waals surface area (Å²) in [5.41, 5.74) is 0.597. The Morgan fingerprint density at radius 3 is 2.72 bits per heavy atom. The van der Waals surface area contributed by atoms with Crippen molar-refractivity contribution >= 4 is 34.2 Å². The van der Waals surface area contributed by atoms with Gasteiger partial charge in [0.1, 0.15) is 10.8 Å². The van der Waals surface area contributed by atoms with E-state index in [1.165, 1.54) is 0 Å². The maximum absolute atomic E-state index is 12.2. The fourth-order valence-electron chi connectivity index (χ4n) is 3.02. The number of nitrogens with one attached hydrogen (secondary N) is 1. The molecule has 2 heterocycles. The normalized spacial score (nSPS) is 16.1. The number of carbonyl (C=O) groups excluding carboxylic acids is 1. The van der Waals surface area contributed by atoms with Crippen LogP contribution >= 0.6 is 11.6 Å². The first kappa shape index (κ1) is 17.8. The molecule has 25 heavy (non-hydrogen) atoms. The number of aromatic nitrogens is 1. The molecule has 0 saturated carbocycles. The molecule has 1 fully saturated rings. The van der Waals surface area contributed by atoms with Crippen molar-refractivity contribution in [3.05, 3.63) is 35.6 Å². The highest BCUT2D eigenvalue weighted by molar-refractivity contribution is 6.30. The molecular weight excluding hydrogens is 338 g/mol. The van der Waals surface area contributed by atoms with Gasteiger partial charge >= 0.3 is 6.09 Å². The standard InChI is InChI=1S/C19H24ClN3O2/c1-19(2,3)25-18(24)23-9-7-14(8-10-23)22-16-6-4-5-13-12-21-17(20)11-15(13)16/h4-6,11-12,14,22H,7-10H2,1-3H3. The Hall–Kier alpha value is -2.01. The van der Waals surface area contributed by atoms with Crippen LogP contribution < -0.4 is 5.32 Å². The van der Waals surface area contributed by atoms with Crippen LogP contribution in [0, 0.1) is 0 Å². The fourth-order valence-corrected chi connectivity index (χ4v) is 3.18. The lowest BCUT2D eigenvalue weighted by Gasteiger charge is -2.34. The first-order valence-electron chi connectivity index (χ1n) is 8.60. The molecule has 2 aromatic rings. The minimum Gasteiger partial charge on any atom is -0.444 e. The predicted octanol–water partition coefficient (Wildman–Crippen LogP) is 4.70. The molecule has 1 aromatic heterocycles. The fraction of sp³-hybridized carbons (Fsp3) is 0.474. The Kier molecular flexibility index (Phi) is 5.04. The molecule has 1 saturated heterocycles. The number of likely N-dealkylation sites (tertiary alicyclic amines) is 1. The van der Waals surface area contributed by atoms with Crippen molar-refractivity contribution in [2.45, 2.75) is 45.3 Å². The molecule has 1 aliphatic heterocycles. The second-order valence-electron chi connectivity index (χ2n) is 7.42. The molecule has 134 valence electrons. The zero-order valence-corrected chi connectivity index (χ0v) is 15.6. The van der Waals surface area contributed by atoms with Crippen LogP contribution in [0.5, 0.6) is 0 Å². The maximum atomic E-state index is 12.2. The molecule has 0 unspecified atom stereocenters. The molecule has 6 heteroatoms. The summed E-state index contributed by atoms with van der Waals surface area (Å²) in [7, 11) is 0. The summed E-state index contributed by atoms with van der Waals surface area (Å²) in [6, 6.07) is 8.29. The third-order valence-corrected chi connectivity index (χ3v) is 4.44. The quantitative estimate of drug-likeness (QED) is 0.788. The van der Waals surface area contributed by atoms with Crippen molar-refractivity contribution in [1.29, 1.82) is 0 Å². The first-order valence-corrected chi connectivity index (χ1v) is 8.98. The van der Waals surface area contributed by atoms with E-state index in [2.05, 4.69) is 16.4 Å². The molecule has 1 aromatic carbocycles. The number of pyridine rings is 1. The summed E-state index contributed by atoms with van der Waals surface area (Å²) in [5.74, 6) is 0. The van der Waals surface area contributed by atoms with Gasteiger partial charge in [-0.1, -0.05) is 23.7 Å². The lowest BCUT2D eigenvalue weighted by molar-refractivity contribution is 0.0210. The lowest BCUT2D eigenvalue weighted by Crippen LogP contribution is -2.44. The number of hydrogen-bond donors (Lipinski definition) is 1. The highest BCUT2D eigenvalue weighted by Gasteiger charge is 2.26. The molecule has 0 bridgehead atoms. The zero-order valence-electron chi connectivity index (χ0n) is 14.9. The van der Waals surface area contributed by atoms with Crippen molar-refractivity contribution in [3.63, 3.8) is 0 Å². The van der Waals surface area contributed by atoms with Crippen LogP contribution in [0.3, 0.4) is 0 Å². The van der Waals surface area contributed by atoms with Crippen molar-refractivity contribution in [2.75, 3.05) is 18.4 Å². The van der Waals surface area contributed by atoms with E-state index in [1.54, 1.807) is 11.1 Å². The van der Waals surface area contributed by atoms with E-state index in [0.29, 0.717) is 24.3 Å². The van der Waals surface area contributed by atoms with E-state index in [0.717, 1.165) is 29.3 Å². The van der Waals surface area contributed by atoms with Gasteiger partial charge in [-0.3, -0.25) is 0 Å². The Balaban J connectivity index is 1.63. The Labute approximate surface area is 153 Å². The summed E-state index contributed by atoms with van der Waals surface area (Å²) in [6.07, 6.45) is 3.32. The first-order chi connectivity index (χ1) is 11.8. The number of rotatable bonds is 2. The van der Waals surface area contributed by atoms with Gasteiger partial charge < -0.3 is 15.0 Å². The summed E-state index contributed by atoms with van der Waals surface area (Å²) in [5, 5.41) is 6.20. The Morgan fingerprint density at radius 2 is 2.04 bits per heavy atom. The number of ether oxygens (including phenoxy) is 1. The molecular formula is C19H24ClN3O2. The highest BCUT2D eigenvalue weighted by Crippen LogP contribution is 2.27.